The Hall–Kier alpha value is -3.12. The lowest BCUT2D eigenvalue weighted by Crippen LogP contribution is -2.46. The predicted molar refractivity (Wildman–Crippen MR) is 111 cm³/mol. The van der Waals surface area contributed by atoms with Crippen molar-refractivity contribution in [3.05, 3.63) is 66.5 Å². The molecule has 1 fully saturated rings. The Morgan fingerprint density at radius 2 is 1.71 bits per heavy atom. The molecule has 0 bridgehead atoms. The molecule has 4 rings (SSSR count). The van der Waals surface area contributed by atoms with E-state index in [-0.39, 0.29) is 6.61 Å². The summed E-state index contributed by atoms with van der Waals surface area (Å²) >= 11 is 0. The maximum Gasteiger partial charge on any atom is 0.147 e. The Bertz CT molecular complexity index is 922. The summed E-state index contributed by atoms with van der Waals surface area (Å²) in [7, 11) is 1.69. The number of benzene rings is 2. The van der Waals surface area contributed by atoms with Crippen LogP contribution >= 0.6 is 0 Å². The van der Waals surface area contributed by atoms with Crippen molar-refractivity contribution >= 4 is 11.5 Å². The molecule has 0 radical (unpaired) electrons. The number of hydrogen-bond donors (Lipinski definition) is 1. The molecule has 0 spiro atoms. The summed E-state index contributed by atoms with van der Waals surface area (Å²) in [5.41, 5.74) is 3.92. The SMILES string of the molecule is COc1cccc(N2CCN(c3cncc(-c4ccc(CO)cc4)n3)CC2)c1. The normalized spacial score (nSPS) is 14.2. The number of aromatic nitrogens is 2. The van der Waals surface area contributed by atoms with Crippen LogP contribution in [0.1, 0.15) is 5.56 Å². The van der Waals surface area contributed by atoms with E-state index in [2.05, 4.69) is 26.9 Å². The average molecular weight is 376 g/mol. The Morgan fingerprint density at radius 3 is 2.43 bits per heavy atom. The van der Waals surface area contributed by atoms with Crippen molar-refractivity contribution in [1.82, 2.24) is 9.97 Å². The Kier molecular flexibility index (Phi) is 5.39. The fourth-order valence-corrected chi connectivity index (χ4v) is 3.43. The highest BCUT2D eigenvalue weighted by atomic mass is 16.5. The van der Waals surface area contributed by atoms with Crippen molar-refractivity contribution in [2.75, 3.05) is 43.1 Å². The van der Waals surface area contributed by atoms with Crippen LogP contribution in [0.25, 0.3) is 11.3 Å². The van der Waals surface area contributed by atoms with Crippen LogP contribution in [0.3, 0.4) is 0 Å². The predicted octanol–water partition coefficient (Wildman–Crippen LogP) is 2.97. The maximum absolute atomic E-state index is 9.20. The van der Waals surface area contributed by atoms with Crippen LogP contribution in [0.5, 0.6) is 5.75 Å². The van der Waals surface area contributed by atoms with E-state index < -0.39 is 0 Å². The zero-order valence-electron chi connectivity index (χ0n) is 16.0. The van der Waals surface area contributed by atoms with Crippen LogP contribution < -0.4 is 14.5 Å². The van der Waals surface area contributed by atoms with E-state index in [1.807, 2.05) is 42.6 Å². The van der Waals surface area contributed by atoms with Crippen molar-refractivity contribution in [1.29, 1.82) is 0 Å². The third kappa shape index (κ3) is 3.92. The van der Waals surface area contributed by atoms with Gasteiger partial charge in [0.15, 0.2) is 0 Å². The first-order valence-electron chi connectivity index (χ1n) is 9.43. The van der Waals surface area contributed by atoms with E-state index in [0.29, 0.717) is 0 Å². The van der Waals surface area contributed by atoms with Crippen molar-refractivity contribution in [2.24, 2.45) is 0 Å². The Morgan fingerprint density at radius 1 is 0.964 bits per heavy atom. The van der Waals surface area contributed by atoms with Gasteiger partial charge in [0.1, 0.15) is 11.6 Å². The number of anilines is 2. The number of aliphatic hydroxyl groups excluding tert-OH is 1. The maximum atomic E-state index is 9.20. The molecule has 2 aromatic carbocycles. The van der Waals surface area contributed by atoms with Crippen molar-refractivity contribution in [3.8, 4) is 17.0 Å². The van der Waals surface area contributed by atoms with Crippen LogP contribution in [0, 0.1) is 0 Å². The molecule has 28 heavy (non-hydrogen) atoms. The van der Waals surface area contributed by atoms with Crippen LogP contribution in [0.2, 0.25) is 0 Å². The van der Waals surface area contributed by atoms with Gasteiger partial charge in [-0.1, -0.05) is 30.3 Å². The van der Waals surface area contributed by atoms with Crippen LogP contribution in [-0.4, -0.2) is 48.4 Å². The zero-order chi connectivity index (χ0) is 19.3. The molecule has 0 saturated carbocycles. The second-order valence-corrected chi connectivity index (χ2v) is 6.79. The van der Waals surface area contributed by atoms with Crippen LogP contribution in [-0.2, 0) is 6.61 Å². The van der Waals surface area contributed by atoms with Gasteiger partial charge in [-0.05, 0) is 17.7 Å². The lowest BCUT2D eigenvalue weighted by molar-refractivity contribution is 0.282. The van der Waals surface area contributed by atoms with Crippen LogP contribution in [0.15, 0.2) is 60.9 Å². The summed E-state index contributed by atoms with van der Waals surface area (Å²) in [6.45, 7) is 3.66. The number of piperazine rings is 1. The standard InChI is InChI=1S/C22H24N4O2/c1-28-20-4-2-3-19(13-20)25-9-11-26(12-10-25)22-15-23-14-21(24-22)18-7-5-17(16-27)6-8-18/h2-8,13-15,27H,9-12,16H2,1H3. The van der Waals surface area contributed by atoms with Crippen LogP contribution in [0.4, 0.5) is 11.5 Å². The molecule has 6 nitrogen and oxygen atoms in total. The second-order valence-electron chi connectivity index (χ2n) is 6.79. The summed E-state index contributed by atoms with van der Waals surface area (Å²) in [5, 5.41) is 9.20. The molecule has 1 N–H and O–H groups in total. The lowest BCUT2D eigenvalue weighted by Gasteiger charge is -2.36. The summed E-state index contributed by atoms with van der Waals surface area (Å²) in [4.78, 5) is 13.8. The molecule has 1 saturated heterocycles. The topological polar surface area (TPSA) is 61.7 Å². The van der Waals surface area contributed by atoms with E-state index in [9.17, 15) is 5.11 Å². The lowest BCUT2D eigenvalue weighted by atomic mass is 10.1. The minimum Gasteiger partial charge on any atom is -0.497 e. The van der Waals surface area contributed by atoms with Gasteiger partial charge in [0.25, 0.3) is 0 Å². The molecule has 0 amide bonds. The smallest absolute Gasteiger partial charge is 0.147 e. The average Bonchev–Trinajstić information content (AvgIpc) is 2.79. The number of hydrogen-bond acceptors (Lipinski definition) is 6. The molecular weight excluding hydrogens is 352 g/mol. The summed E-state index contributed by atoms with van der Waals surface area (Å²) in [6, 6.07) is 16.0. The van der Waals surface area contributed by atoms with E-state index in [4.69, 9.17) is 9.72 Å². The monoisotopic (exact) mass is 376 g/mol. The van der Waals surface area contributed by atoms with Gasteiger partial charge in [0, 0.05) is 43.5 Å². The quantitative estimate of drug-likeness (QED) is 0.739. The fourth-order valence-electron chi connectivity index (χ4n) is 3.43. The summed E-state index contributed by atoms with van der Waals surface area (Å²) < 4.78 is 5.34. The first kappa shape index (κ1) is 18.3. The molecule has 144 valence electrons. The molecule has 0 atom stereocenters. The number of nitrogens with zero attached hydrogens (tertiary/aromatic N) is 4. The third-order valence-corrected chi connectivity index (χ3v) is 5.08. The number of rotatable bonds is 5. The number of methoxy groups -OCH3 is 1. The molecule has 1 aliphatic rings. The highest BCUT2D eigenvalue weighted by Crippen LogP contribution is 2.24. The first-order valence-corrected chi connectivity index (χ1v) is 9.43. The van der Waals surface area contributed by atoms with Gasteiger partial charge >= 0.3 is 0 Å². The highest BCUT2D eigenvalue weighted by molar-refractivity contribution is 5.61. The van der Waals surface area contributed by atoms with E-state index in [1.54, 1.807) is 13.3 Å². The van der Waals surface area contributed by atoms with Crippen molar-refractivity contribution in [3.63, 3.8) is 0 Å². The molecule has 2 heterocycles. The Labute approximate surface area is 165 Å². The van der Waals surface area contributed by atoms with Gasteiger partial charge in [0.05, 0.1) is 31.8 Å². The first-order chi connectivity index (χ1) is 13.8. The highest BCUT2D eigenvalue weighted by Gasteiger charge is 2.19. The minimum absolute atomic E-state index is 0.0452. The fraction of sp³-hybridized carbons (Fsp3) is 0.273. The summed E-state index contributed by atoms with van der Waals surface area (Å²) in [6.07, 6.45) is 3.61. The molecular formula is C22H24N4O2. The largest absolute Gasteiger partial charge is 0.497 e. The van der Waals surface area contributed by atoms with Gasteiger partial charge in [0.2, 0.25) is 0 Å². The molecule has 0 aliphatic carbocycles. The van der Waals surface area contributed by atoms with E-state index in [0.717, 1.165) is 54.6 Å². The van der Waals surface area contributed by atoms with E-state index >= 15 is 0 Å². The zero-order valence-corrected chi connectivity index (χ0v) is 16.0. The van der Waals surface area contributed by atoms with Gasteiger partial charge in [-0.3, -0.25) is 4.98 Å². The number of aliphatic hydroxyl groups is 1. The third-order valence-electron chi connectivity index (χ3n) is 5.08. The molecule has 6 heteroatoms. The Balaban J connectivity index is 1.45. The number of ether oxygens (including phenoxy) is 1. The molecule has 1 aromatic heterocycles. The second kappa shape index (κ2) is 8.27. The van der Waals surface area contributed by atoms with Gasteiger partial charge in [-0.15, -0.1) is 0 Å². The van der Waals surface area contributed by atoms with Gasteiger partial charge < -0.3 is 19.6 Å². The van der Waals surface area contributed by atoms with Crippen molar-refractivity contribution < 1.29 is 9.84 Å². The molecule has 0 unspecified atom stereocenters. The molecule has 1 aliphatic heterocycles. The van der Waals surface area contributed by atoms with Crippen molar-refractivity contribution in [2.45, 2.75) is 6.61 Å². The van der Waals surface area contributed by atoms with E-state index in [1.165, 1.54) is 5.69 Å². The minimum atomic E-state index is 0.0452. The van der Waals surface area contributed by atoms with Gasteiger partial charge in [-0.25, -0.2) is 4.98 Å². The molecule has 3 aromatic rings. The summed E-state index contributed by atoms with van der Waals surface area (Å²) in [5.74, 6) is 1.78. The van der Waals surface area contributed by atoms with Gasteiger partial charge in [-0.2, -0.15) is 0 Å².